The van der Waals surface area contributed by atoms with Crippen LogP contribution in [-0.4, -0.2) is 35.6 Å². The molecule has 1 unspecified atom stereocenters. The van der Waals surface area contributed by atoms with Gasteiger partial charge in [0.15, 0.2) is 0 Å². The van der Waals surface area contributed by atoms with E-state index in [1.807, 2.05) is 19.9 Å². The van der Waals surface area contributed by atoms with Gasteiger partial charge in [0.2, 0.25) is 0 Å². The first-order valence-corrected chi connectivity index (χ1v) is 6.71. The van der Waals surface area contributed by atoms with Gasteiger partial charge < -0.3 is 15.7 Å². The lowest BCUT2D eigenvalue weighted by Gasteiger charge is -2.23. The molecule has 1 aliphatic rings. The maximum Gasteiger partial charge on any atom is 0.126 e. The molecule has 0 radical (unpaired) electrons. The van der Waals surface area contributed by atoms with E-state index in [2.05, 4.69) is 9.88 Å². The molecule has 2 heterocycles. The van der Waals surface area contributed by atoms with Crippen LogP contribution in [0.25, 0.3) is 0 Å². The lowest BCUT2D eigenvalue weighted by molar-refractivity contribution is 0.263. The quantitative estimate of drug-likeness (QED) is 0.562. The number of nitrogens with two attached hydrogens (primary N) is 1. The SMILES string of the molecule is Cc1cc(N2CCC(CCO)C2)c(C(=N)N)c(C)n1. The summed E-state index contributed by atoms with van der Waals surface area (Å²) in [6.07, 6.45) is 1.92. The highest BCUT2D eigenvalue weighted by molar-refractivity contribution is 6.01. The van der Waals surface area contributed by atoms with Crippen molar-refractivity contribution in [2.24, 2.45) is 11.7 Å². The molecular formula is C14H22N4O. The number of aliphatic hydroxyl groups is 1. The molecule has 0 spiro atoms. The highest BCUT2D eigenvalue weighted by Gasteiger charge is 2.25. The number of rotatable bonds is 4. The average molecular weight is 262 g/mol. The van der Waals surface area contributed by atoms with Gasteiger partial charge in [-0.25, -0.2) is 0 Å². The van der Waals surface area contributed by atoms with E-state index in [0.717, 1.165) is 48.6 Å². The number of nitrogens with zero attached hydrogens (tertiary/aromatic N) is 2. The fourth-order valence-electron chi connectivity index (χ4n) is 2.86. The zero-order chi connectivity index (χ0) is 14.0. The van der Waals surface area contributed by atoms with Crippen LogP contribution in [0.2, 0.25) is 0 Å². The smallest absolute Gasteiger partial charge is 0.126 e. The molecular weight excluding hydrogens is 240 g/mol. The van der Waals surface area contributed by atoms with Crippen LogP contribution in [-0.2, 0) is 0 Å². The van der Waals surface area contributed by atoms with E-state index in [-0.39, 0.29) is 12.4 Å². The third-order valence-electron chi connectivity index (χ3n) is 3.74. The molecule has 2 rings (SSSR count). The predicted octanol–water partition coefficient (Wildman–Crippen LogP) is 1.19. The molecule has 0 aliphatic carbocycles. The normalized spacial score (nSPS) is 18.9. The second-order valence-corrected chi connectivity index (χ2v) is 5.27. The third kappa shape index (κ3) is 2.87. The molecule has 0 aromatic carbocycles. The molecule has 1 saturated heterocycles. The Morgan fingerprint density at radius 1 is 1.58 bits per heavy atom. The second kappa shape index (κ2) is 5.57. The van der Waals surface area contributed by atoms with Crippen LogP contribution in [0.4, 0.5) is 5.69 Å². The summed E-state index contributed by atoms with van der Waals surface area (Å²) in [5.74, 6) is 0.601. The Hall–Kier alpha value is -1.62. The van der Waals surface area contributed by atoms with Crippen molar-refractivity contribution in [3.63, 3.8) is 0 Å². The van der Waals surface area contributed by atoms with Crippen LogP contribution >= 0.6 is 0 Å². The summed E-state index contributed by atoms with van der Waals surface area (Å²) >= 11 is 0. The standard InChI is InChI=1S/C14H22N4O/c1-9-7-12(13(14(15)16)10(2)17-9)18-5-3-11(8-18)4-6-19/h7,11,19H,3-6,8H2,1-2H3,(H3,15,16). The summed E-state index contributed by atoms with van der Waals surface area (Å²) in [5, 5.41) is 16.8. The Morgan fingerprint density at radius 2 is 2.32 bits per heavy atom. The van der Waals surface area contributed by atoms with Crippen molar-refractivity contribution < 1.29 is 5.11 Å². The Bertz CT molecular complexity index is 487. The Morgan fingerprint density at radius 3 is 2.95 bits per heavy atom. The summed E-state index contributed by atoms with van der Waals surface area (Å²) in [6.45, 7) is 5.97. The maximum atomic E-state index is 9.03. The fourth-order valence-corrected chi connectivity index (χ4v) is 2.86. The van der Waals surface area contributed by atoms with E-state index in [4.69, 9.17) is 16.2 Å². The number of aromatic nitrogens is 1. The largest absolute Gasteiger partial charge is 0.396 e. The number of amidine groups is 1. The van der Waals surface area contributed by atoms with Crippen molar-refractivity contribution >= 4 is 11.5 Å². The Kier molecular flexibility index (Phi) is 4.04. The number of aliphatic hydroxyl groups excluding tert-OH is 1. The van der Waals surface area contributed by atoms with Gasteiger partial charge in [0.05, 0.1) is 16.9 Å². The number of nitrogens with one attached hydrogen (secondary N) is 1. The minimum absolute atomic E-state index is 0.0746. The van der Waals surface area contributed by atoms with Gasteiger partial charge in [0.1, 0.15) is 5.84 Å². The monoisotopic (exact) mass is 262 g/mol. The molecule has 1 aromatic heterocycles. The van der Waals surface area contributed by atoms with Gasteiger partial charge in [-0.1, -0.05) is 0 Å². The van der Waals surface area contributed by atoms with Crippen LogP contribution < -0.4 is 10.6 Å². The number of aryl methyl sites for hydroxylation is 2. The topological polar surface area (TPSA) is 86.2 Å². The molecule has 5 nitrogen and oxygen atoms in total. The average Bonchev–Trinajstić information content (AvgIpc) is 2.76. The van der Waals surface area contributed by atoms with Gasteiger partial charge >= 0.3 is 0 Å². The number of pyridine rings is 1. The Labute approximate surface area is 114 Å². The predicted molar refractivity (Wildman–Crippen MR) is 76.7 cm³/mol. The first-order valence-electron chi connectivity index (χ1n) is 6.71. The molecule has 0 amide bonds. The molecule has 0 saturated carbocycles. The van der Waals surface area contributed by atoms with Gasteiger partial charge in [-0.15, -0.1) is 0 Å². The van der Waals surface area contributed by atoms with Crippen molar-refractivity contribution in [3.05, 3.63) is 23.0 Å². The lowest BCUT2D eigenvalue weighted by Crippen LogP contribution is -2.26. The summed E-state index contributed by atoms with van der Waals surface area (Å²) in [4.78, 5) is 6.66. The Balaban J connectivity index is 2.32. The van der Waals surface area contributed by atoms with Crippen LogP contribution in [0.3, 0.4) is 0 Å². The molecule has 1 fully saturated rings. The van der Waals surface area contributed by atoms with Crippen LogP contribution in [0.5, 0.6) is 0 Å². The zero-order valence-electron chi connectivity index (χ0n) is 11.6. The molecule has 4 N–H and O–H groups in total. The molecule has 1 atom stereocenters. The van der Waals surface area contributed by atoms with Gasteiger partial charge in [-0.3, -0.25) is 10.4 Å². The highest BCUT2D eigenvalue weighted by Crippen LogP contribution is 2.30. The molecule has 1 aromatic rings. The van der Waals surface area contributed by atoms with Crippen molar-refractivity contribution in [1.82, 2.24) is 4.98 Å². The molecule has 5 heteroatoms. The van der Waals surface area contributed by atoms with Gasteiger partial charge in [-0.05, 0) is 38.7 Å². The number of anilines is 1. The zero-order valence-corrected chi connectivity index (χ0v) is 11.6. The minimum atomic E-state index is 0.0746. The summed E-state index contributed by atoms with van der Waals surface area (Å²) in [7, 11) is 0. The molecule has 104 valence electrons. The molecule has 1 aliphatic heterocycles. The summed E-state index contributed by atoms with van der Waals surface area (Å²) < 4.78 is 0. The number of nitrogen functional groups attached to an aromatic ring is 1. The van der Waals surface area contributed by atoms with Crippen molar-refractivity contribution in [3.8, 4) is 0 Å². The first kappa shape index (κ1) is 13.8. The second-order valence-electron chi connectivity index (χ2n) is 5.27. The van der Waals surface area contributed by atoms with E-state index >= 15 is 0 Å². The minimum Gasteiger partial charge on any atom is -0.396 e. The van der Waals surface area contributed by atoms with E-state index in [9.17, 15) is 0 Å². The van der Waals surface area contributed by atoms with E-state index in [0.29, 0.717) is 5.92 Å². The number of hydrogen-bond donors (Lipinski definition) is 3. The van der Waals surface area contributed by atoms with Crippen LogP contribution in [0.1, 0.15) is 29.8 Å². The highest BCUT2D eigenvalue weighted by atomic mass is 16.3. The van der Waals surface area contributed by atoms with Crippen LogP contribution in [0, 0.1) is 25.2 Å². The van der Waals surface area contributed by atoms with Crippen LogP contribution in [0.15, 0.2) is 6.07 Å². The van der Waals surface area contributed by atoms with E-state index in [1.165, 1.54) is 0 Å². The first-order chi connectivity index (χ1) is 9.02. The molecule has 19 heavy (non-hydrogen) atoms. The summed E-state index contributed by atoms with van der Waals surface area (Å²) in [6, 6.07) is 2.01. The molecule has 0 bridgehead atoms. The maximum absolute atomic E-state index is 9.03. The van der Waals surface area contributed by atoms with E-state index in [1.54, 1.807) is 0 Å². The van der Waals surface area contributed by atoms with Crippen molar-refractivity contribution in [2.45, 2.75) is 26.7 Å². The lowest BCUT2D eigenvalue weighted by atomic mass is 10.1. The third-order valence-corrected chi connectivity index (χ3v) is 3.74. The van der Waals surface area contributed by atoms with Crippen molar-refractivity contribution in [1.29, 1.82) is 5.41 Å². The van der Waals surface area contributed by atoms with Crippen molar-refractivity contribution in [2.75, 3.05) is 24.6 Å². The van der Waals surface area contributed by atoms with Gasteiger partial charge in [0.25, 0.3) is 0 Å². The van der Waals surface area contributed by atoms with Gasteiger partial charge in [-0.2, -0.15) is 0 Å². The van der Waals surface area contributed by atoms with Gasteiger partial charge in [0, 0.05) is 25.4 Å². The summed E-state index contributed by atoms with van der Waals surface area (Å²) in [5.41, 5.74) is 9.22. The van der Waals surface area contributed by atoms with E-state index < -0.39 is 0 Å². The number of hydrogen-bond acceptors (Lipinski definition) is 4. The fraction of sp³-hybridized carbons (Fsp3) is 0.571.